The smallest absolute Gasteiger partial charge is 0.387 e. The monoisotopic (exact) mass is 373 g/mol. The quantitative estimate of drug-likeness (QED) is 0.335. The van der Waals surface area contributed by atoms with Gasteiger partial charge in [-0.3, -0.25) is 0 Å². The molecule has 1 rings (SSSR count). The first-order chi connectivity index (χ1) is 12.6. The lowest BCUT2D eigenvalue weighted by Crippen LogP contribution is -2.38. The van der Waals surface area contributed by atoms with Crippen molar-refractivity contribution in [3.63, 3.8) is 0 Å². The Labute approximate surface area is 153 Å². The lowest BCUT2D eigenvalue weighted by molar-refractivity contribution is -0.0505. The van der Waals surface area contributed by atoms with E-state index in [1.165, 1.54) is 6.07 Å². The highest BCUT2D eigenvalue weighted by Gasteiger charge is 2.11. The van der Waals surface area contributed by atoms with Crippen molar-refractivity contribution >= 4 is 5.96 Å². The molecule has 148 valence electrons. The summed E-state index contributed by atoms with van der Waals surface area (Å²) in [5.41, 5.74) is 0.559. The summed E-state index contributed by atoms with van der Waals surface area (Å²) in [6, 6.07) is 4.91. The number of benzene rings is 1. The van der Waals surface area contributed by atoms with Gasteiger partial charge in [0.15, 0.2) is 5.96 Å². The topological polar surface area (TPSA) is 64.1 Å². The first kappa shape index (κ1) is 22.0. The normalized spacial score (nSPS) is 11.5. The number of halogens is 2. The Kier molecular flexibility index (Phi) is 11.1. The zero-order valence-electron chi connectivity index (χ0n) is 15.7. The number of alkyl halides is 2. The summed E-state index contributed by atoms with van der Waals surface area (Å²) in [7, 11) is 1.65. The molecule has 1 aromatic rings. The molecule has 0 aliphatic rings. The van der Waals surface area contributed by atoms with Crippen molar-refractivity contribution in [2.75, 3.05) is 33.4 Å². The van der Waals surface area contributed by atoms with E-state index in [2.05, 4.69) is 20.4 Å². The van der Waals surface area contributed by atoms with E-state index in [1.54, 1.807) is 19.2 Å². The molecule has 2 N–H and O–H groups in total. The van der Waals surface area contributed by atoms with E-state index in [-0.39, 0.29) is 12.3 Å². The number of rotatable bonds is 12. The molecule has 0 bridgehead atoms. The number of guanidine groups is 1. The van der Waals surface area contributed by atoms with Crippen LogP contribution in [0.3, 0.4) is 0 Å². The van der Waals surface area contributed by atoms with Gasteiger partial charge in [-0.1, -0.05) is 6.92 Å². The Hall–Kier alpha value is -2.09. The third kappa shape index (κ3) is 8.84. The zero-order valence-corrected chi connectivity index (χ0v) is 15.7. The van der Waals surface area contributed by atoms with Crippen LogP contribution >= 0.6 is 0 Å². The summed E-state index contributed by atoms with van der Waals surface area (Å²) in [6.07, 6.45) is 1.67. The molecule has 0 saturated heterocycles. The number of methoxy groups -OCH3 is 1. The highest BCUT2D eigenvalue weighted by Crippen LogP contribution is 2.27. The summed E-state index contributed by atoms with van der Waals surface area (Å²) in [5, 5.41) is 6.28. The van der Waals surface area contributed by atoms with Crippen LogP contribution in [0.15, 0.2) is 23.2 Å². The van der Waals surface area contributed by atoms with Crippen LogP contribution in [0.2, 0.25) is 0 Å². The third-order valence-electron chi connectivity index (χ3n) is 3.30. The average molecular weight is 373 g/mol. The van der Waals surface area contributed by atoms with Crippen molar-refractivity contribution in [1.82, 2.24) is 10.6 Å². The van der Waals surface area contributed by atoms with Crippen molar-refractivity contribution in [3.8, 4) is 11.5 Å². The number of nitrogens with one attached hydrogen (secondary N) is 2. The van der Waals surface area contributed by atoms with Gasteiger partial charge in [-0.15, -0.1) is 0 Å². The van der Waals surface area contributed by atoms with Crippen LogP contribution in [0.4, 0.5) is 8.78 Å². The molecule has 26 heavy (non-hydrogen) atoms. The molecule has 1 aromatic carbocycles. The van der Waals surface area contributed by atoms with Crippen LogP contribution in [0, 0.1) is 0 Å². The second kappa shape index (κ2) is 13.2. The zero-order chi connectivity index (χ0) is 19.2. The van der Waals surface area contributed by atoms with E-state index >= 15 is 0 Å². The second-order valence-corrected chi connectivity index (χ2v) is 5.46. The minimum absolute atomic E-state index is 0.0765. The fourth-order valence-corrected chi connectivity index (χ4v) is 2.11. The van der Waals surface area contributed by atoms with E-state index in [1.807, 2.05) is 13.8 Å². The van der Waals surface area contributed by atoms with E-state index in [9.17, 15) is 8.78 Å². The van der Waals surface area contributed by atoms with Crippen LogP contribution in [-0.4, -0.2) is 46.0 Å². The highest BCUT2D eigenvalue weighted by atomic mass is 19.3. The molecule has 0 unspecified atom stereocenters. The summed E-state index contributed by atoms with van der Waals surface area (Å²) in [4.78, 5) is 4.43. The number of nitrogens with zero attached hydrogens (tertiary/aromatic N) is 1. The number of aliphatic imine (C=N–C) groups is 1. The SMILES string of the molecule is CCCOc1ccc(CN=C(NCC)NCCCOC)c(OC(F)F)c1. The Balaban J connectivity index is 2.82. The number of hydrogen-bond donors (Lipinski definition) is 2. The largest absolute Gasteiger partial charge is 0.493 e. The van der Waals surface area contributed by atoms with Gasteiger partial charge in [-0.2, -0.15) is 8.78 Å². The van der Waals surface area contributed by atoms with Crippen LogP contribution in [-0.2, 0) is 11.3 Å². The predicted molar refractivity (Wildman–Crippen MR) is 98.2 cm³/mol. The minimum atomic E-state index is -2.90. The summed E-state index contributed by atoms with van der Waals surface area (Å²) >= 11 is 0. The van der Waals surface area contributed by atoms with Crippen molar-refractivity contribution in [2.24, 2.45) is 4.99 Å². The molecule has 6 nitrogen and oxygen atoms in total. The van der Waals surface area contributed by atoms with Crippen LogP contribution in [0.5, 0.6) is 11.5 Å². The fourth-order valence-electron chi connectivity index (χ4n) is 2.11. The predicted octanol–water partition coefficient (Wildman–Crippen LogP) is 3.17. The molecule has 0 atom stereocenters. The van der Waals surface area contributed by atoms with Crippen molar-refractivity contribution < 1.29 is 23.0 Å². The van der Waals surface area contributed by atoms with E-state index in [4.69, 9.17) is 9.47 Å². The average Bonchev–Trinajstić information content (AvgIpc) is 2.62. The van der Waals surface area contributed by atoms with Crippen LogP contribution < -0.4 is 20.1 Å². The molecule has 0 aliphatic carbocycles. The maximum atomic E-state index is 12.7. The van der Waals surface area contributed by atoms with Gasteiger partial charge in [-0.05, 0) is 31.9 Å². The van der Waals surface area contributed by atoms with Gasteiger partial charge in [0.2, 0.25) is 0 Å². The summed E-state index contributed by atoms with van der Waals surface area (Å²) < 4.78 is 40.5. The molecule has 0 radical (unpaired) electrons. The summed E-state index contributed by atoms with van der Waals surface area (Å²) in [5.74, 6) is 1.19. The van der Waals surface area contributed by atoms with Gasteiger partial charge in [-0.25, -0.2) is 4.99 Å². The lowest BCUT2D eigenvalue weighted by atomic mass is 10.2. The van der Waals surface area contributed by atoms with Crippen molar-refractivity contribution in [2.45, 2.75) is 39.8 Å². The molecular weight excluding hydrogens is 344 g/mol. The lowest BCUT2D eigenvalue weighted by Gasteiger charge is -2.14. The van der Waals surface area contributed by atoms with E-state index in [0.717, 1.165) is 12.8 Å². The standard InChI is InChI=1S/C18H29F2N3O3/c1-4-10-25-15-8-7-14(16(12-15)26-17(19)20)13-23-18(21-5-2)22-9-6-11-24-3/h7-8,12,17H,4-6,9-11,13H2,1-3H3,(H2,21,22,23). The van der Waals surface area contributed by atoms with E-state index in [0.29, 0.717) is 43.6 Å². The van der Waals surface area contributed by atoms with E-state index < -0.39 is 6.61 Å². The molecule has 0 aliphatic heterocycles. The first-order valence-corrected chi connectivity index (χ1v) is 8.82. The Morgan fingerprint density at radius 2 is 2.00 bits per heavy atom. The number of ether oxygens (including phenoxy) is 3. The molecule has 0 aromatic heterocycles. The van der Waals surface area contributed by atoms with Gasteiger partial charge in [0, 0.05) is 38.4 Å². The van der Waals surface area contributed by atoms with Crippen LogP contribution in [0.25, 0.3) is 0 Å². The highest BCUT2D eigenvalue weighted by molar-refractivity contribution is 5.79. The fraction of sp³-hybridized carbons (Fsp3) is 0.611. The van der Waals surface area contributed by atoms with Gasteiger partial charge in [0.05, 0.1) is 13.2 Å². The van der Waals surface area contributed by atoms with Crippen molar-refractivity contribution in [1.29, 1.82) is 0 Å². The Bertz CT molecular complexity index is 542. The maximum Gasteiger partial charge on any atom is 0.387 e. The molecule has 0 saturated carbocycles. The molecule has 0 fully saturated rings. The summed E-state index contributed by atoms with van der Waals surface area (Å²) in [6.45, 7) is 3.79. The van der Waals surface area contributed by atoms with Gasteiger partial charge in [0.1, 0.15) is 11.5 Å². The van der Waals surface area contributed by atoms with Crippen molar-refractivity contribution in [3.05, 3.63) is 23.8 Å². The second-order valence-electron chi connectivity index (χ2n) is 5.46. The Morgan fingerprint density at radius 1 is 1.19 bits per heavy atom. The van der Waals surface area contributed by atoms with Gasteiger partial charge >= 0.3 is 6.61 Å². The molecule has 0 heterocycles. The molecule has 8 heteroatoms. The van der Waals surface area contributed by atoms with Gasteiger partial charge < -0.3 is 24.8 Å². The molecular formula is C18H29F2N3O3. The Morgan fingerprint density at radius 3 is 2.65 bits per heavy atom. The first-order valence-electron chi connectivity index (χ1n) is 8.82. The van der Waals surface area contributed by atoms with Gasteiger partial charge in [0.25, 0.3) is 0 Å². The maximum absolute atomic E-state index is 12.7. The minimum Gasteiger partial charge on any atom is -0.493 e. The third-order valence-corrected chi connectivity index (χ3v) is 3.30. The molecule has 0 amide bonds. The van der Waals surface area contributed by atoms with Crippen LogP contribution in [0.1, 0.15) is 32.3 Å². The molecule has 0 spiro atoms. The number of hydrogen-bond acceptors (Lipinski definition) is 4.